The average molecular weight is 306 g/mol. The molecule has 2 rings (SSSR count). The van der Waals surface area contributed by atoms with E-state index in [1.807, 2.05) is 31.5 Å². The number of hydrogen-bond donors (Lipinski definition) is 1. The molecule has 0 aliphatic heterocycles. The van der Waals surface area contributed by atoms with E-state index in [1.54, 1.807) is 17.5 Å². The highest BCUT2D eigenvalue weighted by atomic mass is 32.1. The predicted octanol–water partition coefficient (Wildman–Crippen LogP) is 2.57. The number of carbonyl (C=O) groups is 1. The Hall–Kier alpha value is -1.69. The molecule has 1 N–H and O–H groups in total. The molecule has 2 aromatic rings. The van der Waals surface area contributed by atoms with E-state index in [1.165, 1.54) is 4.88 Å². The van der Waals surface area contributed by atoms with Crippen LogP contribution in [-0.2, 0) is 11.2 Å². The lowest BCUT2D eigenvalue weighted by molar-refractivity contribution is -0.121. The quantitative estimate of drug-likeness (QED) is 0.892. The van der Waals surface area contributed by atoms with Crippen LogP contribution in [0.5, 0.6) is 0 Å². The van der Waals surface area contributed by atoms with Crippen LogP contribution in [0.2, 0.25) is 0 Å². The van der Waals surface area contributed by atoms with Crippen molar-refractivity contribution in [2.45, 2.75) is 46.6 Å². The average Bonchev–Trinajstić information content (AvgIpc) is 2.96. The normalized spacial score (nSPS) is 12.4. The third-order valence-corrected chi connectivity index (χ3v) is 4.68. The van der Waals surface area contributed by atoms with Crippen molar-refractivity contribution in [1.29, 1.82) is 0 Å². The van der Waals surface area contributed by atoms with Crippen LogP contribution in [-0.4, -0.2) is 27.0 Å². The summed E-state index contributed by atoms with van der Waals surface area (Å²) in [4.78, 5) is 21.9. The van der Waals surface area contributed by atoms with E-state index in [4.69, 9.17) is 0 Å². The van der Waals surface area contributed by atoms with Gasteiger partial charge >= 0.3 is 0 Å². The summed E-state index contributed by atoms with van der Waals surface area (Å²) in [6.45, 7) is 8.71. The maximum atomic E-state index is 12.0. The molecule has 0 unspecified atom stereocenters. The predicted molar refractivity (Wildman–Crippen MR) is 84.6 cm³/mol. The van der Waals surface area contributed by atoms with Crippen molar-refractivity contribution in [2.75, 3.05) is 6.54 Å². The monoisotopic (exact) mass is 306 g/mol. The van der Waals surface area contributed by atoms with Crippen molar-refractivity contribution in [3.8, 4) is 0 Å². The number of nitrogens with zero attached hydrogens (tertiary/aromatic N) is 3. The maximum absolute atomic E-state index is 12.0. The molecule has 0 spiro atoms. The number of aryl methyl sites for hydroxylation is 3. The first kappa shape index (κ1) is 15.7. The Morgan fingerprint density at radius 2 is 2.19 bits per heavy atom. The number of nitrogens with one attached hydrogen (secondary N) is 1. The molecule has 1 amide bonds. The molecule has 21 heavy (non-hydrogen) atoms. The van der Waals surface area contributed by atoms with E-state index in [9.17, 15) is 4.79 Å². The van der Waals surface area contributed by atoms with Crippen LogP contribution < -0.4 is 5.32 Å². The van der Waals surface area contributed by atoms with Crippen molar-refractivity contribution < 1.29 is 4.79 Å². The second kappa shape index (κ2) is 6.85. The van der Waals surface area contributed by atoms with Gasteiger partial charge in [-0.15, -0.1) is 11.3 Å². The summed E-state index contributed by atoms with van der Waals surface area (Å²) in [6, 6.07) is 0.122. The van der Waals surface area contributed by atoms with Crippen molar-refractivity contribution in [3.63, 3.8) is 0 Å². The lowest BCUT2D eigenvalue weighted by Gasteiger charge is -2.14. The molecule has 0 saturated carbocycles. The minimum Gasteiger partial charge on any atom is -0.356 e. The second-order valence-electron chi connectivity index (χ2n) is 5.28. The summed E-state index contributed by atoms with van der Waals surface area (Å²) in [5, 5.41) is 4.05. The van der Waals surface area contributed by atoms with Gasteiger partial charge < -0.3 is 9.88 Å². The van der Waals surface area contributed by atoms with Crippen LogP contribution in [0, 0.1) is 20.8 Å². The van der Waals surface area contributed by atoms with Gasteiger partial charge in [0.2, 0.25) is 5.91 Å². The fraction of sp³-hybridized carbons (Fsp3) is 0.533. The number of aromatic nitrogens is 3. The molecule has 1 atom stereocenters. The lowest BCUT2D eigenvalue weighted by Crippen LogP contribution is -2.27. The third kappa shape index (κ3) is 4.14. The first-order chi connectivity index (χ1) is 9.97. The van der Waals surface area contributed by atoms with Crippen molar-refractivity contribution in [2.24, 2.45) is 0 Å². The Balaban J connectivity index is 1.76. The molecule has 5 nitrogen and oxygen atoms in total. The Morgan fingerprint density at radius 1 is 1.43 bits per heavy atom. The first-order valence-electron chi connectivity index (χ1n) is 7.16. The largest absolute Gasteiger partial charge is 0.356 e. The van der Waals surface area contributed by atoms with E-state index in [0.29, 0.717) is 13.0 Å². The summed E-state index contributed by atoms with van der Waals surface area (Å²) >= 11 is 1.71. The molecule has 0 radical (unpaired) electrons. The van der Waals surface area contributed by atoms with Crippen LogP contribution in [0.3, 0.4) is 0 Å². The highest BCUT2D eigenvalue weighted by Gasteiger charge is 2.12. The van der Waals surface area contributed by atoms with Gasteiger partial charge in [0.15, 0.2) is 0 Å². The number of thiazole rings is 1. The number of amides is 1. The van der Waals surface area contributed by atoms with Gasteiger partial charge in [-0.05, 0) is 27.7 Å². The number of hydrogen-bond acceptors (Lipinski definition) is 4. The van der Waals surface area contributed by atoms with E-state index in [-0.39, 0.29) is 11.9 Å². The lowest BCUT2D eigenvalue weighted by atomic mass is 10.2. The van der Waals surface area contributed by atoms with E-state index < -0.39 is 0 Å². The Morgan fingerprint density at radius 3 is 2.76 bits per heavy atom. The standard InChI is InChI=1S/C15H22N4OS/c1-10(19-8-7-16-13(19)4)9-14(20)17-6-5-15-18-11(2)12(3)21-15/h7-8,10H,5-6,9H2,1-4H3,(H,17,20)/t10-/m0/s1. The van der Waals surface area contributed by atoms with Gasteiger partial charge in [-0.2, -0.15) is 0 Å². The zero-order valence-corrected chi connectivity index (χ0v) is 13.8. The molecule has 0 fully saturated rings. The van der Waals surface area contributed by atoms with Crippen molar-refractivity contribution in [1.82, 2.24) is 19.9 Å². The molecule has 0 aliphatic carbocycles. The van der Waals surface area contributed by atoms with Crippen molar-refractivity contribution >= 4 is 17.2 Å². The highest BCUT2D eigenvalue weighted by molar-refractivity contribution is 7.11. The van der Waals surface area contributed by atoms with Gasteiger partial charge in [-0.25, -0.2) is 9.97 Å². The van der Waals surface area contributed by atoms with Gasteiger partial charge in [0.25, 0.3) is 0 Å². The van der Waals surface area contributed by atoms with Crippen LogP contribution >= 0.6 is 11.3 Å². The number of rotatable bonds is 6. The Kier molecular flexibility index (Phi) is 5.12. The second-order valence-corrected chi connectivity index (χ2v) is 6.57. The topological polar surface area (TPSA) is 59.8 Å². The maximum Gasteiger partial charge on any atom is 0.222 e. The number of imidazole rings is 1. The SMILES string of the molecule is Cc1nc(CCNC(=O)C[C@H](C)n2ccnc2C)sc1C. The molecule has 2 aromatic heterocycles. The molecular weight excluding hydrogens is 284 g/mol. The molecule has 0 bridgehead atoms. The van der Waals surface area contributed by atoms with Gasteiger partial charge in [-0.1, -0.05) is 0 Å². The minimum absolute atomic E-state index is 0.0700. The molecule has 0 saturated heterocycles. The molecule has 0 aliphatic rings. The zero-order chi connectivity index (χ0) is 15.4. The van der Waals surface area contributed by atoms with E-state index >= 15 is 0 Å². The molecular formula is C15H22N4OS. The van der Waals surface area contributed by atoms with Crippen LogP contribution in [0.15, 0.2) is 12.4 Å². The van der Waals surface area contributed by atoms with Crippen LogP contribution in [0.1, 0.15) is 40.8 Å². The van der Waals surface area contributed by atoms with Gasteiger partial charge in [0.1, 0.15) is 5.82 Å². The first-order valence-corrected chi connectivity index (χ1v) is 7.98. The Bertz CT molecular complexity index is 597. The third-order valence-electron chi connectivity index (χ3n) is 3.55. The molecule has 0 aromatic carbocycles. The zero-order valence-electron chi connectivity index (χ0n) is 13.0. The minimum atomic E-state index is 0.0700. The van der Waals surface area contributed by atoms with Gasteiger partial charge in [-0.3, -0.25) is 4.79 Å². The summed E-state index contributed by atoms with van der Waals surface area (Å²) in [7, 11) is 0. The summed E-state index contributed by atoms with van der Waals surface area (Å²) in [5.41, 5.74) is 1.09. The highest BCUT2D eigenvalue weighted by Crippen LogP contribution is 2.16. The molecule has 114 valence electrons. The van der Waals surface area contributed by atoms with Gasteiger partial charge in [0.05, 0.1) is 10.7 Å². The Labute approximate surface area is 129 Å². The number of carbonyl (C=O) groups excluding carboxylic acids is 1. The van der Waals surface area contributed by atoms with Crippen LogP contribution in [0.4, 0.5) is 0 Å². The summed E-state index contributed by atoms with van der Waals surface area (Å²) < 4.78 is 2.02. The summed E-state index contributed by atoms with van der Waals surface area (Å²) in [5.74, 6) is 1.00. The van der Waals surface area contributed by atoms with Crippen LogP contribution in [0.25, 0.3) is 0 Å². The summed E-state index contributed by atoms with van der Waals surface area (Å²) in [6.07, 6.45) is 4.93. The van der Waals surface area contributed by atoms with E-state index in [0.717, 1.165) is 22.9 Å². The van der Waals surface area contributed by atoms with E-state index in [2.05, 4.69) is 22.2 Å². The smallest absolute Gasteiger partial charge is 0.222 e. The molecule has 6 heteroatoms. The van der Waals surface area contributed by atoms with Gasteiger partial charge in [0, 0.05) is 42.7 Å². The van der Waals surface area contributed by atoms with Crippen molar-refractivity contribution in [3.05, 3.63) is 33.8 Å². The fourth-order valence-corrected chi connectivity index (χ4v) is 3.18. The fourth-order valence-electron chi connectivity index (χ4n) is 2.25. The molecule has 2 heterocycles.